The fourth-order valence-corrected chi connectivity index (χ4v) is 5.74. The van der Waals surface area contributed by atoms with Crippen molar-refractivity contribution in [2.24, 2.45) is 0 Å². The summed E-state index contributed by atoms with van der Waals surface area (Å²) in [5, 5.41) is 0. The zero-order valence-corrected chi connectivity index (χ0v) is 31.6. The van der Waals surface area contributed by atoms with Crippen LogP contribution in [0.1, 0.15) is 17.0 Å². The van der Waals surface area contributed by atoms with Gasteiger partial charge in [-0.25, -0.2) is 4.79 Å². The van der Waals surface area contributed by atoms with Crippen molar-refractivity contribution in [2.45, 2.75) is 25.6 Å². The van der Waals surface area contributed by atoms with Gasteiger partial charge in [0.1, 0.15) is 6.61 Å². The first-order chi connectivity index (χ1) is 24.4. The van der Waals surface area contributed by atoms with E-state index in [0.29, 0.717) is 125 Å². The zero-order valence-electron chi connectivity index (χ0n) is 30.6. The summed E-state index contributed by atoms with van der Waals surface area (Å²) >= 11 is 0. The number of amides is 1. The maximum Gasteiger partial charge on any atom is 0.409 e. The normalized spacial score (nSPS) is 12.6. The number of hydrogen-bond donors (Lipinski definition) is 0. The standard InChI is InChI=1S/C37H59NO11Si/c1-38(37(39)48-31-36-34-11-7-5-9-32(34)33-10-6-8-12-35(33)36)13-14-40-15-16-41-17-18-42-19-20-43-21-22-44-23-24-45-25-26-46-27-28-47-29-30-49-50(2,3)4/h5-12,36H,13-31H2,1-4H3. The third kappa shape index (κ3) is 17.7. The summed E-state index contributed by atoms with van der Waals surface area (Å²) in [6, 6.07) is 16.6. The maximum atomic E-state index is 12.6. The molecule has 0 saturated heterocycles. The lowest BCUT2D eigenvalue weighted by molar-refractivity contribution is -0.0239. The average molecular weight is 722 g/mol. The SMILES string of the molecule is CN(CCOCCOCCOCCOCCOCCOCCOCCOCCO[Si](C)(C)C)C(=O)OCC1c2ccccc2-c2ccccc21. The molecule has 0 aromatic heterocycles. The molecule has 0 radical (unpaired) electrons. The zero-order chi connectivity index (χ0) is 35.7. The highest BCUT2D eigenvalue weighted by molar-refractivity contribution is 6.69. The Bertz CT molecular complexity index is 1140. The van der Waals surface area contributed by atoms with Crippen molar-refractivity contribution < 1.29 is 51.9 Å². The Morgan fingerprint density at radius 3 is 1.26 bits per heavy atom. The average Bonchev–Trinajstić information content (AvgIpc) is 3.43. The van der Waals surface area contributed by atoms with E-state index in [1.54, 1.807) is 7.05 Å². The third-order valence-electron chi connectivity index (χ3n) is 7.59. The van der Waals surface area contributed by atoms with Crippen LogP contribution in [0.15, 0.2) is 48.5 Å². The summed E-state index contributed by atoms with van der Waals surface area (Å²) in [7, 11) is 0.257. The molecule has 50 heavy (non-hydrogen) atoms. The predicted octanol–water partition coefficient (Wildman–Crippen LogP) is 4.85. The minimum absolute atomic E-state index is 0.0421. The minimum Gasteiger partial charge on any atom is -0.448 e. The van der Waals surface area contributed by atoms with Crippen LogP contribution in [0.4, 0.5) is 4.79 Å². The fourth-order valence-electron chi connectivity index (χ4n) is 5.05. The van der Waals surface area contributed by atoms with Gasteiger partial charge in [0.15, 0.2) is 8.32 Å². The molecular weight excluding hydrogens is 662 g/mol. The number of benzene rings is 2. The number of rotatable bonds is 30. The Kier molecular flexibility index (Phi) is 21.4. The largest absolute Gasteiger partial charge is 0.448 e. The monoisotopic (exact) mass is 721 g/mol. The van der Waals surface area contributed by atoms with Gasteiger partial charge in [-0.1, -0.05) is 48.5 Å². The lowest BCUT2D eigenvalue weighted by atomic mass is 9.98. The van der Waals surface area contributed by atoms with E-state index in [1.807, 2.05) is 24.3 Å². The summed E-state index contributed by atoms with van der Waals surface area (Å²) in [6.45, 7) is 15.9. The molecule has 1 aliphatic rings. The molecule has 0 unspecified atom stereocenters. The number of fused-ring (bicyclic) bond motifs is 3. The molecule has 0 fully saturated rings. The second kappa shape index (κ2) is 25.5. The Morgan fingerprint density at radius 2 is 0.880 bits per heavy atom. The molecule has 0 atom stereocenters. The van der Waals surface area contributed by atoms with Gasteiger partial charge in [0.2, 0.25) is 0 Å². The molecular formula is C37H59NO11Si. The van der Waals surface area contributed by atoms with E-state index in [2.05, 4.69) is 43.9 Å². The van der Waals surface area contributed by atoms with E-state index in [1.165, 1.54) is 27.2 Å². The van der Waals surface area contributed by atoms with Crippen LogP contribution in [0.5, 0.6) is 0 Å². The molecule has 12 nitrogen and oxygen atoms in total. The molecule has 13 heteroatoms. The quantitative estimate of drug-likeness (QED) is 0.0816. The van der Waals surface area contributed by atoms with E-state index in [9.17, 15) is 4.79 Å². The van der Waals surface area contributed by atoms with Crippen molar-refractivity contribution in [2.75, 3.05) is 133 Å². The molecule has 0 spiro atoms. The van der Waals surface area contributed by atoms with Gasteiger partial charge in [-0.05, 0) is 41.9 Å². The Labute approximate surface area is 299 Å². The first-order valence-corrected chi connectivity index (χ1v) is 21.1. The van der Waals surface area contributed by atoms with Crippen LogP contribution in [0, 0.1) is 0 Å². The van der Waals surface area contributed by atoms with E-state index in [-0.39, 0.29) is 12.0 Å². The molecule has 0 aliphatic heterocycles. The third-order valence-corrected chi connectivity index (χ3v) is 8.66. The van der Waals surface area contributed by atoms with Crippen molar-refractivity contribution in [3.05, 3.63) is 59.7 Å². The Hall–Kier alpha value is -2.43. The summed E-state index contributed by atoms with van der Waals surface area (Å²) in [5.41, 5.74) is 4.81. The molecule has 3 rings (SSSR count). The molecule has 282 valence electrons. The summed E-state index contributed by atoms with van der Waals surface area (Å²) in [5.74, 6) is 0.0421. The first kappa shape index (κ1) is 42.0. The van der Waals surface area contributed by atoms with Gasteiger partial charge in [-0.2, -0.15) is 0 Å². The smallest absolute Gasteiger partial charge is 0.409 e. The number of ether oxygens (including phenoxy) is 9. The molecule has 0 N–H and O–H groups in total. The molecule has 0 bridgehead atoms. The van der Waals surface area contributed by atoms with Crippen LogP contribution in [0.2, 0.25) is 19.6 Å². The molecule has 1 aliphatic carbocycles. The summed E-state index contributed by atoms with van der Waals surface area (Å²) < 4.78 is 55.5. The van der Waals surface area contributed by atoms with Gasteiger partial charge in [-0.15, -0.1) is 0 Å². The van der Waals surface area contributed by atoms with Crippen LogP contribution < -0.4 is 0 Å². The van der Waals surface area contributed by atoms with Gasteiger partial charge in [-0.3, -0.25) is 0 Å². The number of likely N-dealkylation sites (N-methyl/N-ethyl adjacent to an activating group) is 1. The van der Waals surface area contributed by atoms with Crippen molar-refractivity contribution in [3.8, 4) is 11.1 Å². The van der Waals surface area contributed by atoms with Crippen LogP contribution in [0.25, 0.3) is 11.1 Å². The highest BCUT2D eigenvalue weighted by Gasteiger charge is 2.29. The van der Waals surface area contributed by atoms with E-state index in [0.717, 1.165) is 0 Å². The van der Waals surface area contributed by atoms with Gasteiger partial charge in [0.25, 0.3) is 0 Å². The number of carbonyl (C=O) groups is 1. The van der Waals surface area contributed by atoms with Gasteiger partial charge in [0, 0.05) is 19.5 Å². The van der Waals surface area contributed by atoms with Gasteiger partial charge in [0.05, 0.1) is 112 Å². The first-order valence-electron chi connectivity index (χ1n) is 17.7. The molecule has 0 saturated carbocycles. The van der Waals surface area contributed by atoms with Crippen molar-refractivity contribution in [1.82, 2.24) is 4.90 Å². The number of nitrogens with zero attached hydrogens (tertiary/aromatic N) is 1. The van der Waals surface area contributed by atoms with E-state index >= 15 is 0 Å². The molecule has 2 aromatic carbocycles. The molecule has 0 heterocycles. The highest BCUT2D eigenvalue weighted by atomic mass is 28.4. The van der Waals surface area contributed by atoms with Crippen molar-refractivity contribution >= 4 is 14.4 Å². The predicted molar refractivity (Wildman–Crippen MR) is 194 cm³/mol. The fraction of sp³-hybridized carbons (Fsp3) is 0.649. The van der Waals surface area contributed by atoms with Crippen LogP contribution in [-0.2, 0) is 47.1 Å². The van der Waals surface area contributed by atoms with Crippen LogP contribution in [0.3, 0.4) is 0 Å². The Balaban J connectivity index is 1.01. The van der Waals surface area contributed by atoms with Crippen LogP contribution >= 0.6 is 0 Å². The second-order valence-electron chi connectivity index (χ2n) is 12.6. The van der Waals surface area contributed by atoms with E-state index in [4.69, 9.17) is 47.1 Å². The molecule has 2 aromatic rings. The maximum absolute atomic E-state index is 12.6. The topological polar surface area (TPSA) is 113 Å². The minimum atomic E-state index is -1.46. The summed E-state index contributed by atoms with van der Waals surface area (Å²) in [4.78, 5) is 14.1. The summed E-state index contributed by atoms with van der Waals surface area (Å²) in [6.07, 6.45) is -0.361. The van der Waals surface area contributed by atoms with Crippen molar-refractivity contribution in [1.29, 1.82) is 0 Å². The lowest BCUT2D eigenvalue weighted by Gasteiger charge is -2.19. The Morgan fingerprint density at radius 1 is 0.540 bits per heavy atom. The lowest BCUT2D eigenvalue weighted by Crippen LogP contribution is -2.32. The van der Waals surface area contributed by atoms with Gasteiger partial charge >= 0.3 is 6.09 Å². The van der Waals surface area contributed by atoms with Gasteiger partial charge < -0.3 is 52.0 Å². The highest BCUT2D eigenvalue weighted by Crippen LogP contribution is 2.44. The number of carbonyl (C=O) groups excluding carboxylic acids is 1. The van der Waals surface area contributed by atoms with Crippen molar-refractivity contribution in [3.63, 3.8) is 0 Å². The van der Waals surface area contributed by atoms with E-state index < -0.39 is 8.32 Å². The second-order valence-corrected chi connectivity index (χ2v) is 17.1. The number of hydrogen-bond acceptors (Lipinski definition) is 11. The van der Waals surface area contributed by atoms with Crippen LogP contribution in [-0.4, -0.2) is 152 Å². The molecule has 1 amide bonds.